The van der Waals surface area contributed by atoms with Crippen molar-refractivity contribution < 1.29 is 13.2 Å². The SMILES string of the molecule is CCNC(=NCC1(c2ccccc2)CCC1)NCC1CCN(CC(F)(F)F)C1. The van der Waals surface area contributed by atoms with Gasteiger partial charge in [0.2, 0.25) is 0 Å². The highest BCUT2D eigenvalue weighted by Gasteiger charge is 2.38. The molecule has 1 saturated heterocycles. The number of benzene rings is 1. The molecule has 2 aliphatic rings. The van der Waals surface area contributed by atoms with E-state index in [2.05, 4.69) is 34.9 Å². The molecule has 1 heterocycles. The average molecular weight is 397 g/mol. The molecule has 1 aliphatic heterocycles. The standard InChI is InChI=1S/C21H31F3N4/c1-2-25-19(26-13-17-9-12-28(14-17)16-21(22,23)24)27-15-20(10-6-11-20)18-7-4-3-5-8-18/h3-5,7-8,17H,2,6,9-16H2,1H3,(H2,25,26,27). The van der Waals surface area contributed by atoms with Crippen LogP contribution < -0.4 is 10.6 Å². The van der Waals surface area contributed by atoms with Crippen molar-refractivity contribution in [2.75, 3.05) is 39.3 Å². The normalized spacial score (nSPS) is 22.7. The highest BCUT2D eigenvalue weighted by Crippen LogP contribution is 2.43. The minimum atomic E-state index is -4.12. The number of aliphatic imine (C=N–C) groups is 1. The maximum Gasteiger partial charge on any atom is 0.401 e. The van der Waals surface area contributed by atoms with Crippen LogP contribution in [0.25, 0.3) is 0 Å². The van der Waals surface area contributed by atoms with Crippen molar-refractivity contribution in [2.45, 2.75) is 44.2 Å². The first-order chi connectivity index (χ1) is 13.4. The van der Waals surface area contributed by atoms with Gasteiger partial charge < -0.3 is 10.6 Å². The van der Waals surface area contributed by atoms with Gasteiger partial charge in [-0.1, -0.05) is 36.8 Å². The molecule has 0 radical (unpaired) electrons. The zero-order chi connectivity index (χ0) is 20.0. The molecule has 0 bridgehead atoms. The fourth-order valence-electron chi connectivity index (χ4n) is 4.22. The Morgan fingerprint density at radius 2 is 1.96 bits per heavy atom. The summed E-state index contributed by atoms with van der Waals surface area (Å²) in [7, 11) is 0. The monoisotopic (exact) mass is 396 g/mol. The smallest absolute Gasteiger partial charge is 0.357 e. The van der Waals surface area contributed by atoms with Gasteiger partial charge in [0.25, 0.3) is 0 Å². The second kappa shape index (κ2) is 9.16. The first-order valence-electron chi connectivity index (χ1n) is 10.3. The van der Waals surface area contributed by atoms with Crippen molar-refractivity contribution in [1.29, 1.82) is 0 Å². The van der Waals surface area contributed by atoms with Crippen LogP contribution in [0, 0.1) is 5.92 Å². The highest BCUT2D eigenvalue weighted by molar-refractivity contribution is 5.79. The first kappa shape index (κ1) is 21.0. The van der Waals surface area contributed by atoms with Crippen LogP contribution >= 0.6 is 0 Å². The lowest BCUT2D eigenvalue weighted by Gasteiger charge is -2.41. The molecule has 7 heteroatoms. The van der Waals surface area contributed by atoms with Crippen LogP contribution in [-0.2, 0) is 5.41 Å². The zero-order valence-corrected chi connectivity index (χ0v) is 16.6. The Morgan fingerprint density at radius 3 is 2.57 bits per heavy atom. The number of halogens is 3. The van der Waals surface area contributed by atoms with Crippen LogP contribution in [0.2, 0.25) is 0 Å². The van der Waals surface area contributed by atoms with Gasteiger partial charge in [-0.3, -0.25) is 9.89 Å². The van der Waals surface area contributed by atoms with E-state index in [1.165, 1.54) is 16.9 Å². The molecule has 1 atom stereocenters. The Balaban J connectivity index is 1.54. The summed E-state index contributed by atoms with van der Waals surface area (Å²) in [6, 6.07) is 10.6. The van der Waals surface area contributed by atoms with Gasteiger partial charge >= 0.3 is 6.18 Å². The van der Waals surface area contributed by atoms with Crippen molar-refractivity contribution in [1.82, 2.24) is 15.5 Å². The van der Waals surface area contributed by atoms with E-state index < -0.39 is 12.7 Å². The van der Waals surface area contributed by atoms with Gasteiger partial charge in [0.05, 0.1) is 13.1 Å². The lowest BCUT2D eigenvalue weighted by atomic mass is 9.64. The molecule has 1 aromatic carbocycles. The van der Waals surface area contributed by atoms with E-state index in [9.17, 15) is 13.2 Å². The van der Waals surface area contributed by atoms with Gasteiger partial charge in [-0.25, -0.2) is 0 Å². The topological polar surface area (TPSA) is 39.7 Å². The van der Waals surface area contributed by atoms with E-state index in [-0.39, 0.29) is 11.3 Å². The summed E-state index contributed by atoms with van der Waals surface area (Å²) >= 11 is 0. The Bertz CT molecular complexity index is 641. The van der Waals surface area contributed by atoms with E-state index in [1.54, 1.807) is 0 Å². The van der Waals surface area contributed by atoms with Crippen LogP contribution in [0.5, 0.6) is 0 Å². The molecule has 1 unspecified atom stereocenters. The van der Waals surface area contributed by atoms with E-state index in [0.717, 1.165) is 38.3 Å². The summed E-state index contributed by atoms with van der Waals surface area (Å²) in [6.07, 6.45) is 0.194. The lowest BCUT2D eigenvalue weighted by molar-refractivity contribution is -0.143. The van der Waals surface area contributed by atoms with E-state index in [4.69, 9.17) is 4.99 Å². The van der Waals surface area contributed by atoms with Gasteiger partial charge in [0.1, 0.15) is 0 Å². The van der Waals surface area contributed by atoms with Crippen molar-refractivity contribution in [3.8, 4) is 0 Å². The Morgan fingerprint density at radius 1 is 1.21 bits per heavy atom. The average Bonchev–Trinajstić information content (AvgIpc) is 3.05. The van der Waals surface area contributed by atoms with Gasteiger partial charge in [0.15, 0.2) is 5.96 Å². The zero-order valence-electron chi connectivity index (χ0n) is 16.6. The van der Waals surface area contributed by atoms with Crippen molar-refractivity contribution in [2.24, 2.45) is 10.9 Å². The first-order valence-corrected chi connectivity index (χ1v) is 10.3. The second-order valence-electron chi connectivity index (χ2n) is 8.08. The minimum Gasteiger partial charge on any atom is -0.357 e. The fourth-order valence-corrected chi connectivity index (χ4v) is 4.22. The summed E-state index contributed by atoms with van der Waals surface area (Å²) in [6.45, 7) is 4.35. The summed E-state index contributed by atoms with van der Waals surface area (Å²) in [5, 5.41) is 6.62. The predicted molar refractivity (Wildman–Crippen MR) is 107 cm³/mol. The summed E-state index contributed by atoms with van der Waals surface area (Å²) in [5.74, 6) is 0.983. The number of nitrogens with one attached hydrogen (secondary N) is 2. The van der Waals surface area contributed by atoms with Crippen LogP contribution in [0.1, 0.15) is 38.2 Å². The molecule has 2 N–H and O–H groups in total. The van der Waals surface area contributed by atoms with E-state index in [1.807, 2.05) is 13.0 Å². The van der Waals surface area contributed by atoms with Gasteiger partial charge in [-0.15, -0.1) is 0 Å². The highest BCUT2D eigenvalue weighted by atomic mass is 19.4. The molecule has 3 rings (SSSR count). The van der Waals surface area contributed by atoms with E-state index >= 15 is 0 Å². The lowest BCUT2D eigenvalue weighted by Crippen LogP contribution is -2.43. The molecule has 0 aromatic heterocycles. The molecular weight excluding hydrogens is 365 g/mol. The number of rotatable bonds is 7. The van der Waals surface area contributed by atoms with Gasteiger partial charge in [0, 0.05) is 25.0 Å². The number of likely N-dealkylation sites (tertiary alicyclic amines) is 1. The Kier molecular flexibility index (Phi) is 6.86. The molecule has 1 aliphatic carbocycles. The number of alkyl halides is 3. The molecule has 1 aromatic rings. The second-order valence-corrected chi connectivity index (χ2v) is 8.08. The van der Waals surface area contributed by atoms with Crippen LogP contribution in [0.3, 0.4) is 0 Å². The number of nitrogens with zero attached hydrogens (tertiary/aromatic N) is 2. The fraction of sp³-hybridized carbons (Fsp3) is 0.667. The third-order valence-electron chi connectivity index (χ3n) is 5.91. The summed E-state index contributed by atoms with van der Waals surface area (Å²) in [4.78, 5) is 6.32. The number of hydrogen-bond acceptors (Lipinski definition) is 2. The van der Waals surface area contributed by atoms with Gasteiger partial charge in [-0.05, 0) is 44.2 Å². The summed E-state index contributed by atoms with van der Waals surface area (Å²) in [5.41, 5.74) is 1.47. The molecule has 0 amide bonds. The van der Waals surface area contributed by atoms with Crippen LogP contribution in [-0.4, -0.2) is 56.3 Å². The third kappa shape index (κ3) is 5.63. The maximum absolute atomic E-state index is 12.6. The van der Waals surface area contributed by atoms with Crippen LogP contribution in [0.15, 0.2) is 35.3 Å². The third-order valence-corrected chi connectivity index (χ3v) is 5.91. The molecule has 4 nitrogen and oxygen atoms in total. The van der Waals surface area contributed by atoms with Crippen LogP contribution in [0.4, 0.5) is 13.2 Å². The molecule has 2 fully saturated rings. The van der Waals surface area contributed by atoms with Gasteiger partial charge in [-0.2, -0.15) is 13.2 Å². The maximum atomic E-state index is 12.6. The molecule has 156 valence electrons. The summed E-state index contributed by atoms with van der Waals surface area (Å²) < 4.78 is 37.7. The Labute approximate surface area is 165 Å². The minimum absolute atomic E-state index is 0.125. The largest absolute Gasteiger partial charge is 0.401 e. The van der Waals surface area contributed by atoms with Crippen molar-refractivity contribution in [3.63, 3.8) is 0 Å². The quantitative estimate of drug-likeness (QED) is 0.547. The predicted octanol–water partition coefficient (Wildman–Crippen LogP) is 3.55. The molecule has 0 spiro atoms. The van der Waals surface area contributed by atoms with E-state index in [0.29, 0.717) is 19.6 Å². The Hall–Kier alpha value is -1.76. The molecule has 1 saturated carbocycles. The molecular formula is C21H31F3N4. The van der Waals surface area contributed by atoms with Crippen molar-refractivity contribution in [3.05, 3.63) is 35.9 Å². The number of guanidine groups is 1. The molecule has 28 heavy (non-hydrogen) atoms. The number of hydrogen-bond donors (Lipinski definition) is 2. The van der Waals surface area contributed by atoms with Crippen molar-refractivity contribution >= 4 is 5.96 Å².